The topological polar surface area (TPSA) is 23.8 Å². The molecule has 0 unspecified atom stereocenters. The second-order valence-electron chi connectivity index (χ2n) is 2.27. The summed E-state index contributed by atoms with van der Waals surface area (Å²) in [7, 11) is 0. The Bertz CT molecular complexity index is 299. The molecule has 0 aromatic heterocycles. The molecule has 2 heteroatoms. The number of hydrogen-bond acceptors (Lipinski definition) is 1. The monoisotopic (exact) mass is 149 g/mol. The minimum atomic E-state index is -0.277. The van der Waals surface area contributed by atoms with Crippen molar-refractivity contribution in [2.24, 2.45) is 0 Å². The summed E-state index contributed by atoms with van der Waals surface area (Å²) < 4.78 is 12.6. The van der Waals surface area contributed by atoms with Crippen molar-refractivity contribution < 1.29 is 4.39 Å². The lowest BCUT2D eigenvalue weighted by Gasteiger charge is -1.98. The van der Waals surface area contributed by atoms with Crippen LogP contribution in [0, 0.1) is 17.1 Å². The van der Waals surface area contributed by atoms with E-state index in [0.717, 1.165) is 5.56 Å². The average molecular weight is 149 g/mol. The third kappa shape index (κ3) is 1.56. The van der Waals surface area contributed by atoms with Gasteiger partial charge in [-0.2, -0.15) is 5.26 Å². The molecule has 0 atom stereocenters. The molecule has 0 aliphatic carbocycles. The van der Waals surface area contributed by atoms with E-state index in [0.29, 0.717) is 12.0 Å². The highest BCUT2D eigenvalue weighted by molar-refractivity contribution is 5.37. The second kappa shape index (κ2) is 3.16. The summed E-state index contributed by atoms with van der Waals surface area (Å²) in [4.78, 5) is 0. The predicted molar refractivity (Wildman–Crippen MR) is 40.5 cm³/mol. The van der Waals surface area contributed by atoms with Crippen molar-refractivity contribution in [2.45, 2.75) is 13.3 Å². The number of benzene rings is 1. The van der Waals surface area contributed by atoms with E-state index >= 15 is 0 Å². The van der Waals surface area contributed by atoms with E-state index in [1.54, 1.807) is 0 Å². The maximum absolute atomic E-state index is 12.6. The third-order valence-electron chi connectivity index (χ3n) is 1.57. The lowest BCUT2D eigenvalue weighted by molar-refractivity contribution is 0.625. The molecule has 1 aromatic carbocycles. The predicted octanol–water partition coefficient (Wildman–Crippen LogP) is 2.26. The molecule has 0 spiro atoms. The zero-order chi connectivity index (χ0) is 8.27. The molecule has 56 valence electrons. The van der Waals surface area contributed by atoms with Crippen LogP contribution in [0.15, 0.2) is 18.2 Å². The molecule has 0 fully saturated rings. The number of halogens is 1. The molecule has 0 aliphatic heterocycles. The summed E-state index contributed by atoms with van der Waals surface area (Å²) in [5.74, 6) is -0.277. The SMILES string of the molecule is CCc1cc(F)ccc1C#N. The van der Waals surface area contributed by atoms with E-state index in [4.69, 9.17) is 5.26 Å². The van der Waals surface area contributed by atoms with Gasteiger partial charge >= 0.3 is 0 Å². The number of nitrogens with zero attached hydrogens (tertiary/aromatic N) is 1. The maximum Gasteiger partial charge on any atom is 0.123 e. The highest BCUT2D eigenvalue weighted by Crippen LogP contribution is 2.10. The molecular formula is C9H8FN. The van der Waals surface area contributed by atoms with Gasteiger partial charge in [-0.3, -0.25) is 0 Å². The zero-order valence-corrected chi connectivity index (χ0v) is 6.26. The van der Waals surface area contributed by atoms with Crippen LogP contribution in [0.4, 0.5) is 4.39 Å². The number of nitriles is 1. The Morgan fingerprint density at radius 3 is 2.82 bits per heavy atom. The van der Waals surface area contributed by atoms with E-state index in [1.807, 2.05) is 13.0 Å². The smallest absolute Gasteiger partial charge is 0.123 e. The van der Waals surface area contributed by atoms with Crippen LogP contribution in [0.5, 0.6) is 0 Å². The highest BCUT2D eigenvalue weighted by atomic mass is 19.1. The summed E-state index contributed by atoms with van der Waals surface area (Å²) in [5, 5.41) is 8.57. The summed E-state index contributed by atoms with van der Waals surface area (Å²) >= 11 is 0. The Labute approximate surface area is 65.1 Å². The van der Waals surface area contributed by atoms with Gasteiger partial charge in [0.05, 0.1) is 11.6 Å². The summed E-state index contributed by atoms with van der Waals surface area (Å²) in [6.45, 7) is 1.90. The van der Waals surface area contributed by atoms with Crippen LogP contribution in [0.3, 0.4) is 0 Å². The molecular weight excluding hydrogens is 141 g/mol. The highest BCUT2D eigenvalue weighted by Gasteiger charge is 1.99. The summed E-state index contributed by atoms with van der Waals surface area (Å²) in [6, 6.07) is 6.22. The van der Waals surface area contributed by atoms with E-state index in [2.05, 4.69) is 0 Å². The minimum Gasteiger partial charge on any atom is -0.207 e. The Hall–Kier alpha value is -1.36. The number of rotatable bonds is 1. The summed E-state index contributed by atoms with van der Waals surface area (Å²) in [5.41, 5.74) is 1.33. The second-order valence-corrected chi connectivity index (χ2v) is 2.27. The third-order valence-corrected chi connectivity index (χ3v) is 1.57. The largest absolute Gasteiger partial charge is 0.207 e. The Morgan fingerprint density at radius 1 is 1.55 bits per heavy atom. The molecule has 0 N–H and O–H groups in total. The van der Waals surface area contributed by atoms with Crippen LogP contribution in [-0.4, -0.2) is 0 Å². The lowest BCUT2D eigenvalue weighted by atomic mass is 10.1. The molecule has 11 heavy (non-hydrogen) atoms. The first kappa shape index (κ1) is 7.74. The van der Waals surface area contributed by atoms with E-state index in [-0.39, 0.29) is 5.82 Å². The van der Waals surface area contributed by atoms with Gasteiger partial charge in [0.25, 0.3) is 0 Å². The van der Waals surface area contributed by atoms with Crippen molar-refractivity contribution >= 4 is 0 Å². The molecule has 1 nitrogen and oxygen atoms in total. The standard InChI is InChI=1S/C9H8FN/c1-2-7-5-9(10)4-3-8(7)6-11/h3-5H,2H2,1H3. The van der Waals surface area contributed by atoms with Crippen LogP contribution in [0.2, 0.25) is 0 Å². The van der Waals surface area contributed by atoms with Gasteiger partial charge in [0, 0.05) is 0 Å². The molecule has 0 saturated carbocycles. The van der Waals surface area contributed by atoms with Gasteiger partial charge in [0.15, 0.2) is 0 Å². The first-order chi connectivity index (χ1) is 5.27. The van der Waals surface area contributed by atoms with Gasteiger partial charge in [-0.1, -0.05) is 6.92 Å². The van der Waals surface area contributed by atoms with Crippen molar-refractivity contribution in [2.75, 3.05) is 0 Å². The van der Waals surface area contributed by atoms with Crippen LogP contribution in [0.25, 0.3) is 0 Å². The van der Waals surface area contributed by atoms with Gasteiger partial charge < -0.3 is 0 Å². The molecule has 0 bridgehead atoms. The van der Waals surface area contributed by atoms with Gasteiger partial charge in [0.1, 0.15) is 5.82 Å². The molecule has 1 aromatic rings. The van der Waals surface area contributed by atoms with Gasteiger partial charge in [-0.25, -0.2) is 4.39 Å². The molecule has 0 heterocycles. The van der Waals surface area contributed by atoms with Crippen molar-refractivity contribution in [3.05, 3.63) is 35.1 Å². The lowest BCUT2D eigenvalue weighted by Crippen LogP contribution is -1.88. The molecule has 0 saturated heterocycles. The minimum absolute atomic E-state index is 0.277. The van der Waals surface area contributed by atoms with Gasteiger partial charge in [-0.15, -0.1) is 0 Å². The fourth-order valence-electron chi connectivity index (χ4n) is 0.964. The van der Waals surface area contributed by atoms with Crippen molar-refractivity contribution in [3.63, 3.8) is 0 Å². The molecule has 0 radical (unpaired) electrons. The van der Waals surface area contributed by atoms with Crippen molar-refractivity contribution in [1.29, 1.82) is 5.26 Å². The Kier molecular flexibility index (Phi) is 2.22. The molecule has 1 rings (SSSR count). The van der Waals surface area contributed by atoms with Crippen LogP contribution in [-0.2, 0) is 6.42 Å². The van der Waals surface area contributed by atoms with Crippen molar-refractivity contribution in [3.8, 4) is 6.07 Å². The van der Waals surface area contributed by atoms with Gasteiger partial charge in [-0.05, 0) is 30.2 Å². The van der Waals surface area contributed by atoms with Crippen LogP contribution >= 0.6 is 0 Å². The fraction of sp³-hybridized carbons (Fsp3) is 0.222. The van der Waals surface area contributed by atoms with Crippen molar-refractivity contribution in [1.82, 2.24) is 0 Å². The summed E-state index contributed by atoms with van der Waals surface area (Å²) in [6.07, 6.45) is 0.695. The van der Waals surface area contributed by atoms with E-state index < -0.39 is 0 Å². The number of aryl methyl sites for hydroxylation is 1. The van der Waals surface area contributed by atoms with Crippen LogP contribution < -0.4 is 0 Å². The Balaban J connectivity index is 3.19. The van der Waals surface area contributed by atoms with Crippen LogP contribution in [0.1, 0.15) is 18.1 Å². The Morgan fingerprint density at radius 2 is 2.27 bits per heavy atom. The fourth-order valence-corrected chi connectivity index (χ4v) is 0.964. The molecule has 0 amide bonds. The zero-order valence-electron chi connectivity index (χ0n) is 6.26. The quantitative estimate of drug-likeness (QED) is 0.600. The van der Waals surface area contributed by atoms with Gasteiger partial charge in [0.2, 0.25) is 0 Å². The first-order valence-electron chi connectivity index (χ1n) is 3.46. The normalized spacial score (nSPS) is 9.18. The van der Waals surface area contributed by atoms with E-state index in [9.17, 15) is 4.39 Å². The molecule has 0 aliphatic rings. The number of hydrogen-bond donors (Lipinski definition) is 0. The van der Waals surface area contributed by atoms with E-state index in [1.165, 1.54) is 18.2 Å². The maximum atomic E-state index is 12.6. The first-order valence-corrected chi connectivity index (χ1v) is 3.46. The average Bonchev–Trinajstić information content (AvgIpc) is 2.04.